The van der Waals surface area contributed by atoms with E-state index in [0.29, 0.717) is 28.4 Å². The van der Waals surface area contributed by atoms with Crippen molar-refractivity contribution in [2.45, 2.75) is 31.2 Å². The summed E-state index contributed by atoms with van der Waals surface area (Å²) < 4.78 is 27.6. The molecular formula is C14H21BrN2O2S. The van der Waals surface area contributed by atoms with Crippen LogP contribution in [-0.2, 0) is 16.6 Å². The van der Waals surface area contributed by atoms with Crippen LogP contribution in [0.15, 0.2) is 27.6 Å². The lowest BCUT2D eigenvalue weighted by Crippen LogP contribution is -2.33. The first-order chi connectivity index (χ1) is 9.48. The monoisotopic (exact) mass is 360 g/mol. The molecular weight excluding hydrogens is 340 g/mol. The molecule has 0 radical (unpaired) electrons. The molecule has 2 rings (SSSR count). The Morgan fingerprint density at radius 3 is 2.60 bits per heavy atom. The van der Waals surface area contributed by atoms with Crippen molar-refractivity contribution >= 4 is 26.0 Å². The van der Waals surface area contributed by atoms with Crippen molar-refractivity contribution in [3.8, 4) is 0 Å². The molecule has 0 aromatic heterocycles. The molecule has 1 N–H and O–H groups in total. The van der Waals surface area contributed by atoms with Crippen LogP contribution in [0, 0.1) is 5.92 Å². The predicted molar refractivity (Wildman–Crippen MR) is 84.1 cm³/mol. The summed E-state index contributed by atoms with van der Waals surface area (Å²) in [6, 6.07) is 5.43. The topological polar surface area (TPSA) is 49.4 Å². The standard InChI is InChI=1S/C14H21BrN2O2S/c1-3-17(10-11-4-5-11)20(18,19)14-7-6-12(9-16-2)8-13(14)15/h6-8,11,16H,3-5,9-10H2,1-2H3. The quantitative estimate of drug-likeness (QED) is 0.812. The normalized spacial score (nSPS) is 15.8. The summed E-state index contributed by atoms with van der Waals surface area (Å²) >= 11 is 3.40. The van der Waals surface area contributed by atoms with Crippen LogP contribution in [0.5, 0.6) is 0 Å². The number of nitrogens with zero attached hydrogens (tertiary/aromatic N) is 1. The Bertz CT molecular complexity index is 571. The number of sulfonamides is 1. The molecule has 1 aromatic carbocycles. The third kappa shape index (κ3) is 3.61. The summed E-state index contributed by atoms with van der Waals surface area (Å²) in [5, 5.41) is 3.06. The van der Waals surface area contributed by atoms with Gasteiger partial charge >= 0.3 is 0 Å². The van der Waals surface area contributed by atoms with Gasteiger partial charge in [-0.05, 0) is 59.4 Å². The Labute approximate surface area is 129 Å². The van der Waals surface area contributed by atoms with Crippen LogP contribution >= 0.6 is 15.9 Å². The van der Waals surface area contributed by atoms with Gasteiger partial charge in [0.25, 0.3) is 0 Å². The van der Waals surface area contributed by atoms with Gasteiger partial charge in [0.15, 0.2) is 0 Å². The summed E-state index contributed by atoms with van der Waals surface area (Å²) in [6.07, 6.45) is 2.29. The Balaban J connectivity index is 2.27. The Morgan fingerprint density at radius 1 is 1.40 bits per heavy atom. The SMILES string of the molecule is CCN(CC1CC1)S(=O)(=O)c1ccc(CNC)cc1Br. The first kappa shape index (κ1) is 15.9. The highest BCUT2D eigenvalue weighted by Gasteiger charge is 2.31. The lowest BCUT2D eigenvalue weighted by molar-refractivity contribution is 0.411. The summed E-state index contributed by atoms with van der Waals surface area (Å²) in [7, 11) is -1.53. The van der Waals surface area contributed by atoms with E-state index in [2.05, 4.69) is 21.2 Å². The number of hydrogen-bond donors (Lipinski definition) is 1. The van der Waals surface area contributed by atoms with Gasteiger partial charge in [0, 0.05) is 24.1 Å². The van der Waals surface area contributed by atoms with E-state index in [-0.39, 0.29) is 0 Å². The number of rotatable bonds is 7. The molecule has 1 aromatic rings. The third-order valence-corrected chi connectivity index (χ3v) is 6.42. The van der Waals surface area contributed by atoms with Crippen molar-refractivity contribution in [3.63, 3.8) is 0 Å². The smallest absolute Gasteiger partial charge is 0.244 e. The maximum Gasteiger partial charge on any atom is 0.244 e. The highest BCUT2D eigenvalue weighted by molar-refractivity contribution is 9.10. The third-order valence-electron chi connectivity index (χ3n) is 3.51. The minimum absolute atomic E-state index is 0.361. The first-order valence-electron chi connectivity index (χ1n) is 6.92. The van der Waals surface area contributed by atoms with E-state index < -0.39 is 10.0 Å². The molecule has 112 valence electrons. The molecule has 0 atom stereocenters. The van der Waals surface area contributed by atoms with Gasteiger partial charge in [0.2, 0.25) is 10.0 Å². The fourth-order valence-corrected chi connectivity index (χ4v) is 4.80. The van der Waals surface area contributed by atoms with Crippen molar-refractivity contribution in [3.05, 3.63) is 28.2 Å². The first-order valence-corrected chi connectivity index (χ1v) is 9.15. The maximum absolute atomic E-state index is 12.7. The van der Waals surface area contributed by atoms with Gasteiger partial charge in [-0.25, -0.2) is 8.42 Å². The summed E-state index contributed by atoms with van der Waals surface area (Å²) in [5.41, 5.74) is 1.06. The van der Waals surface area contributed by atoms with E-state index in [1.165, 1.54) is 0 Å². The van der Waals surface area contributed by atoms with E-state index in [0.717, 1.165) is 24.9 Å². The van der Waals surface area contributed by atoms with E-state index >= 15 is 0 Å². The zero-order chi connectivity index (χ0) is 14.8. The number of halogens is 1. The van der Waals surface area contributed by atoms with E-state index in [4.69, 9.17) is 0 Å². The van der Waals surface area contributed by atoms with Crippen LogP contribution < -0.4 is 5.32 Å². The van der Waals surface area contributed by atoms with Gasteiger partial charge in [0.1, 0.15) is 0 Å². The van der Waals surface area contributed by atoms with Gasteiger partial charge < -0.3 is 5.32 Å². The molecule has 0 aliphatic heterocycles. The molecule has 0 heterocycles. The molecule has 0 unspecified atom stereocenters. The second-order valence-corrected chi connectivity index (χ2v) is 7.95. The van der Waals surface area contributed by atoms with Crippen LogP contribution in [0.1, 0.15) is 25.3 Å². The van der Waals surface area contributed by atoms with Crippen molar-refractivity contribution in [1.82, 2.24) is 9.62 Å². The highest BCUT2D eigenvalue weighted by Crippen LogP contribution is 2.33. The fraction of sp³-hybridized carbons (Fsp3) is 0.571. The molecule has 1 fully saturated rings. The van der Waals surface area contributed by atoms with Crippen LogP contribution in [0.2, 0.25) is 0 Å². The highest BCUT2D eigenvalue weighted by atomic mass is 79.9. The summed E-state index contributed by atoms with van der Waals surface area (Å²) in [5.74, 6) is 0.548. The van der Waals surface area contributed by atoms with Crippen LogP contribution in [0.25, 0.3) is 0 Å². The molecule has 1 aliphatic rings. The minimum Gasteiger partial charge on any atom is -0.316 e. The average Bonchev–Trinajstić information content (AvgIpc) is 3.19. The summed E-state index contributed by atoms with van der Waals surface area (Å²) in [4.78, 5) is 0.361. The Kier molecular flexibility index (Phi) is 5.23. The Hall–Kier alpha value is -0.430. The number of hydrogen-bond acceptors (Lipinski definition) is 3. The number of benzene rings is 1. The van der Waals surface area contributed by atoms with Crippen molar-refractivity contribution < 1.29 is 8.42 Å². The van der Waals surface area contributed by atoms with E-state index in [1.54, 1.807) is 10.4 Å². The van der Waals surface area contributed by atoms with Crippen LogP contribution in [0.4, 0.5) is 0 Å². The number of nitrogens with one attached hydrogen (secondary N) is 1. The molecule has 0 saturated heterocycles. The van der Waals surface area contributed by atoms with Crippen molar-refractivity contribution in [1.29, 1.82) is 0 Å². The Morgan fingerprint density at radius 2 is 2.10 bits per heavy atom. The largest absolute Gasteiger partial charge is 0.316 e. The van der Waals surface area contributed by atoms with Crippen LogP contribution in [-0.4, -0.2) is 32.9 Å². The zero-order valence-corrected chi connectivity index (χ0v) is 14.3. The molecule has 1 saturated carbocycles. The molecule has 20 heavy (non-hydrogen) atoms. The second-order valence-electron chi connectivity index (χ2n) is 5.19. The van der Waals surface area contributed by atoms with Gasteiger partial charge in [-0.2, -0.15) is 4.31 Å². The lowest BCUT2D eigenvalue weighted by Gasteiger charge is -2.21. The summed E-state index contributed by atoms with van der Waals surface area (Å²) in [6.45, 7) is 3.77. The molecule has 4 nitrogen and oxygen atoms in total. The average molecular weight is 361 g/mol. The minimum atomic E-state index is -3.40. The van der Waals surface area contributed by atoms with E-state index in [1.807, 2.05) is 26.1 Å². The van der Waals surface area contributed by atoms with Crippen molar-refractivity contribution in [2.75, 3.05) is 20.1 Å². The fourth-order valence-electron chi connectivity index (χ4n) is 2.19. The van der Waals surface area contributed by atoms with Crippen LogP contribution in [0.3, 0.4) is 0 Å². The van der Waals surface area contributed by atoms with Gasteiger partial charge in [0.05, 0.1) is 4.90 Å². The van der Waals surface area contributed by atoms with Crippen molar-refractivity contribution in [2.24, 2.45) is 5.92 Å². The zero-order valence-electron chi connectivity index (χ0n) is 11.9. The second kappa shape index (κ2) is 6.56. The molecule has 6 heteroatoms. The molecule has 1 aliphatic carbocycles. The molecule has 0 spiro atoms. The molecule has 0 bridgehead atoms. The molecule has 0 amide bonds. The van der Waals surface area contributed by atoms with E-state index in [9.17, 15) is 8.42 Å². The van der Waals surface area contributed by atoms with Gasteiger partial charge in [-0.1, -0.05) is 13.0 Å². The predicted octanol–water partition coefficient (Wildman–Crippen LogP) is 2.59. The maximum atomic E-state index is 12.7. The van der Waals surface area contributed by atoms with Gasteiger partial charge in [-0.15, -0.1) is 0 Å². The lowest BCUT2D eigenvalue weighted by atomic mass is 10.2. The van der Waals surface area contributed by atoms with Gasteiger partial charge in [-0.3, -0.25) is 0 Å².